The van der Waals surface area contributed by atoms with Crippen molar-refractivity contribution < 1.29 is 50.0 Å². The average molecular weight is 748 g/mol. The highest BCUT2D eigenvalue weighted by Crippen LogP contribution is 2.23. The first kappa shape index (κ1) is 49.1. The molecule has 0 saturated carbocycles. The highest BCUT2D eigenvalue weighted by Gasteiger charge is 2.44. The summed E-state index contributed by atoms with van der Waals surface area (Å²) >= 11 is 0. The van der Waals surface area contributed by atoms with E-state index in [0.29, 0.717) is 19.3 Å². The number of ether oxygens (including phenoxy) is 2. The molecule has 0 bridgehead atoms. The number of aliphatic hydroxyl groups excluding tert-OH is 7. The van der Waals surface area contributed by atoms with Gasteiger partial charge in [-0.1, -0.05) is 168 Å². The molecule has 0 spiro atoms. The van der Waals surface area contributed by atoms with E-state index in [1.165, 1.54) is 96.3 Å². The molecule has 0 aliphatic carbocycles. The lowest BCUT2D eigenvalue weighted by Crippen LogP contribution is -2.60. The zero-order chi connectivity index (χ0) is 38.6. The Morgan fingerprint density at radius 3 is 1.60 bits per heavy atom. The molecule has 10 atom stereocenters. The molecule has 0 aromatic carbocycles. The number of hydrogen-bond acceptors (Lipinski definition) is 10. The van der Waals surface area contributed by atoms with Gasteiger partial charge in [0, 0.05) is 0 Å². The van der Waals surface area contributed by atoms with Crippen molar-refractivity contribution in [3.8, 4) is 0 Å². The van der Waals surface area contributed by atoms with Crippen LogP contribution in [0.25, 0.3) is 0 Å². The Labute approximate surface area is 316 Å². The van der Waals surface area contributed by atoms with Crippen molar-refractivity contribution in [2.24, 2.45) is 5.92 Å². The summed E-state index contributed by atoms with van der Waals surface area (Å²) in [6, 6.07) is -1.16. The first-order valence-electron chi connectivity index (χ1n) is 21.3. The quantitative estimate of drug-likeness (QED) is 0.0374. The molecule has 0 aromatic rings. The first-order valence-corrected chi connectivity index (χ1v) is 21.3. The minimum Gasteiger partial charge on any atom is -0.394 e. The van der Waals surface area contributed by atoms with E-state index in [-0.39, 0.29) is 6.42 Å². The molecule has 1 amide bonds. The summed E-state index contributed by atoms with van der Waals surface area (Å²) in [7, 11) is 0. The predicted molar refractivity (Wildman–Crippen MR) is 206 cm³/mol. The van der Waals surface area contributed by atoms with Crippen LogP contribution in [-0.2, 0) is 14.3 Å². The Balaban J connectivity index is 2.53. The minimum atomic E-state index is -1.66. The topological polar surface area (TPSA) is 189 Å². The van der Waals surface area contributed by atoms with Crippen molar-refractivity contribution >= 4 is 5.91 Å². The lowest BCUT2D eigenvalue weighted by molar-refractivity contribution is -0.303. The smallest absolute Gasteiger partial charge is 0.249 e. The zero-order valence-corrected chi connectivity index (χ0v) is 33.2. The number of carbonyl (C=O) groups excluding carboxylic acids is 1. The van der Waals surface area contributed by atoms with Gasteiger partial charge in [0.15, 0.2) is 6.29 Å². The molecule has 1 rings (SSSR count). The molecule has 11 heteroatoms. The maximum Gasteiger partial charge on any atom is 0.249 e. The van der Waals surface area contributed by atoms with E-state index in [0.717, 1.165) is 44.4 Å². The van der Waals surface area contributed by atoms with Gasteiger partial charge in [0.1, 0.15) is 36.6 Å². The predicted octanol–water partition coefficient (Wildman–Crippen LogP) is 5.80. The lowest BCUT2D eigenvalue weighted by Gasteiger charge is -2.40. The van der Waals surface area contributed by atoms with Gasteiger partial charge in [-0.3, -0.25) is 4.79 Å². The lowest BCUT2D eigenvalue weighted by atomic mass is 9.98. The first-order chi connectivity index (χ1) is 25.1. The molecule has 8 N–H and O–H groups in total. The van der Waals surface area contributed by atoms with Crippen LogP contribution in [0.3, 0.4) is 0 Å². The second-order valence-electron chi connectivity index (χ2n) is 15.7. The third-order valence-electron chi connectivity index (χ3n) is 11.0. The summed E-state index contributed by atoms with van der Waals surface area (Å²) in [5, 5.41) is 75.4. The molecule has 310 valence electrons. The number of unbranched alkanes of at least 4 members (excludes halogenated alkanes) is 19. The third kappa shape index (κ3) is 21.9. The number of aliphatic hydroxyl groups is 7. The van der Waals surface area contributed by atoms with Gasteiger partial charge in [0.05, 0.1) is 25.4 Å². The largest absolute Gasteiger partial charge is 0.394 e. The Hall–Kier alpha value is -0.890. The summed E-state index contributed by atoms with van der Waals surface area (Å²) < 4.78 is 11.1. The summed E-state index contributed by atoms with van der Waals surface area (Å²) in [4.78, 5) is 13.0. The highest BCUT2D eigenvalue weighted by atomic mass is 16.7. The highest BCUT2D eigenvalue weighted by molar-refractivity contribution is 5.80. The van der Waals surface area contributed by atoms with Crippen LogP contribution in [0.4, 0.5) is 0 Å². The van der Waals surface area contributed by atoms with Crippen molar-refractivity contribution in [3.63, 3.8) is 0 Å². The van der Waals surface area contributed by atoms with Gasteiger partial charge in [-0.05, 0) is 18.8 Å². The minimum absolute atomic E-state index is 0.264. The number of nitrogens with one attached hydrogen (secondary N) is 1. The molecule has 0 radical (unpaired) electrons. The fourth-order valence-corrected chi connectivity index (χ4v) is 6.94. The molecule has 52 heavy (non-hydrogen) atoms. The summed E-state index contributed by atoms with van der Waals surface area (Å²) in [5.41, 5.74) is 0. The van der Waals surface area contributed by atoms with Crippen molar-refractivity contribution in [1.82, 2.24) is 5.32 Å². The fourth-order valence-electron chi connectivity index (χ4n) is 6.94. The van der Waals surface area contributed by atoms with Crippen LogP contribution in [0.15, 0.2) is 0 Å². The van der Waals surface area contributed by atoms with Gasteiger partial charge in [-0.2, -0.15) is 0 Å². The molecular weight excluding hydrogens is 666 g/mol. The Kier molecular flexibility index (Phi) is 29.6. The summed E-state index contributed by atoms with van der Waals surface area (Å²) in [5.74, 6) is 0.118. The monoisotopic (exact) mass is 748 g/mol. The zero-order valence-electron chi connectivity index (χ0n) is 33.2. The van der Waals surface area contributed by atoms with Crippen molar-refractivity contribution in [2.45, 2.75) is 236 Å². The summed E-state index contributed by atoms with van der Waals surface area (Å²) in [6.45, 7) is 5.74. The standard InChI is InChI=1S/C41H81NO10/c1-4-6-7-8-9-10-11-12-15-19-22-25-28-34(45)40(50)42-32(30-51-41-39(49)38(48)37(47)35(29-43)52-41)36(46)33(44)27-24-21-18-16-13-14-17-20-23-26-31(3)5-2/h31-39,41,43-49H,4-30H2,1-3H3,(H,42,50). The van der Waals surface area contributed by atoms with Crippen LogP contribution in [-0.4, -0.2) is 110 Å². The van der Waals surface area contributed by atoms with E-state index < -0.39 is 74.2 Å². The number of rotatable bonds is 34. The van der Waals surface area contributed by atoms with Crippen molar-refractivity contribution in [3.05, 3.63) is 0 Å². The van der Waals surface area contributed by atoms with E-state index in [4.69, 9.17) is 9.47 Å². The van der Waals surface area contributed by atoms with E-state index in [1.807, 2.05) is 0 Å². The molecule has 0 aromatic heterocycles. The van der Waals surface area contributed by atoms with Gasteiger partial charge in [0.2, 0.25) is 5.91 Å². The Morgan fingerprint density at radius 2 is 1.12 bits per heavy atom. The van der Waals surface area contributed by atoms with Crippen LogP contribution in [0, 0.1) is 5.92 Å². The molecule has 11 nitrogen and oxygen atoms in total. The average Bonchev–Trinajstić information content (AvgIpc) is 3.14. The molecular formula is C41H81NO10. The molecule has 1 aliphatic rings. The number of hydrogen-bond donors (Lipinski definition) is 8. The van der Waals surface area contributed by atoms with Gasteiger partial charge in [-0.15, -0.1) is 0 Å². The Bertz CT molecular complexity index is 835. The maximum atomic E-state index is 13.0. The Morgan fingerprint density at radius 1 is 0.654 bits per heavy atom. The van der Waals surface area contributed by atoms with Crippen LogP contribution in [0.1, 0.15) is 181 Å². The third-order valence-corrected chi connectivity index (χ3v) is 11.0. The van der Waals surface area contributed by atoms with Crippen LogP contribution < -0.4 is 5.32 Å². The molecule has 1 aliphatic heterocycles. The van der Waals surface area contributed by atoms with E-state index in [2.05, 4.69) is 26.1 Å². The van der Waals surface area contributed by atoms with Crippen molar-refractivity contribution in [1.29, 1.82) is 0 Å². The summed E-state index contributed by atoms with van der Waals surface area (Å²) in [6.07, 6.45) is 15.8. The molecule has 1 fully saturated rings. The maximum absolute atomic E-state index is 13.0. The number of carbonyl (C=O) groups is 1. The second kappa shape index (κ2) is 31.3. The van der Waals surface area contributed by atoms with Gasteiger partial charge >= 0.3 is 0 Å². The molecule has 1 saturated heterocycles. The van der Waals surface area contributed by atoms with E-state index >= 15 is 0 Å². The second-order valence-corrected chi connectivity index (χ2v) is 15.7. The van der Waals surface area contributed by atoms with Gasteiger partial charge in [-0.25, -0.2) is 0 Å². The molecule has 1 heterocycles. The van der Waals surface area contributed by atoms with Crippen LogP contribution in [0.2, 0.25) is 0 Å². The fraction of sp³-hybridized carbons (Fsp3) is 0.976. The van der Waals surface area contributed by atoms with Crippen LogP contribution in [0.5, 0.6) is 0 Å². The van der Waals surface area contributed by atoms with E-state index in [9.17, 15) is 40.5 Å². The van der Waals surface area contributed by atoms with Crippen molar-refractivity contribution in [2.75, 3.05) is 13.2 Å². The van der Waals surface area contributed by atoms with Gasteiger partial charge < -0.3 is 50.5 Å². The molecule has 10 unspecified atom stereocenters. The van der Waals surface area contributed by atoms with Crippen LogP contribution >= 0.6 is 0 Å². The van der Waals surface area contributed by atoms with Gasteiger partial charge in [0.25, 0.3) is 0 Å². The van der Waals surface area contributed by atoms with E-state index in [1.54, 1.807) is 0 Å². The normalized spacial score (nSPS) is 23.6. The number of amides is 1. The SMILES string of the molecule is CCCCCCCCCCCCCCC(O)C(=O)NC(COC1OC(CO)C(O)C(O)C1O)C(O)C(O)CCCCCCCCCCCC(C)CC.